The molecule has 0 aliphatic carbocycles. The van der Waals surface area contributed by atoms with E-state index in [-0.39, 0.29) is 11.9 Å². The van der Waals surface area contributed by atoms with Crippen molar-refractivity contribution in [3.05, 3.63) is 65.2 Å². The fourth-order valence-electron chi connectivity index (χ4n) is 3.39. The third-order valence-corrected chi connectivity index (χ3v) is 4.86. The molecule has 1 amide bonds. The SMILES string of the molecule is CCNC(=NCCc1cccc(C(=O)N(C)C)c1)NC1CCOc2ccccc21. The van der Waals surface area contributed by atoms with Gasteiger partial charge in [-0.1, -0.05) is 30.3 Å². The Balaban J connectivity index is 1.65. The van der Waals surface area contributed by atoms with E-state index in [2.05, 4.69) is 23.6 Å². The number of aliphatic imine (C=N–C) groups is 1. The summed E-state index contributed by atoms with van der Waals surface area (Å²) in [5.74, 6) is 1.76. The van der Waals surface area contributed by atoms with Crippen LogP contribution in [-0.4, -0.2) is 50.6 Å². The van der Waals surface area contributed by atoms with Gasteiger partial charge in [0.05, 0.1) is 12.6 Å². The normalized spacial score (nSPS) is 15.8. The van der Waals surface area contributed by atoms with Crippen molar-refractivity contribution in [1.82, 2.24) is 15.5 Å². The topological polar surface area (TPSA) is 66.0 Å². The zero-order valence-corrected chi connectivity index (χ0v) is 17.4. The first-order chi connectivity index (χ1) is 14.1. The Bertz CT molecular complexity index is 863. The predicted molar refractivity (Wildman–Crippen MR) is 117 cm³/mol. The Labute approximate surface area is 173 Å². The van der Waals surface area contributed by atoms with Crippen LogP contribution >= 0.6 is 0 Å². The fraction of sp³-hybridized carbons (Fsp3) is 0.391. The van der Waals surface area contributed by atoms with E-state index in [9.17, 15) is 4.79 Å². The molecule has 1 atom stereocenters. The molecule has 0 saturated heterocycles. The number of guanidine groups is 1. The van der Waals surface area contributed by atoms with Crippen LogP contribution in [0, 0.1) is 0 Å². The number of nitrogens with one attached hydrogen (secondary N) is 2. The molecule has 0 fully saturated rings. The number of rotatable bonds is 6. The van der Waals surface area contributed by atoms with Gasteiger partial charge in [0.25, 0.3) is 5.91 Å². The predicted octanol–water partition coefficient (Wildman–Crippen LogP) is 3.01. The number of fused-ring (bicyclic) bond motifs is 1. The maximum atomic E-state index is 12.2. The van der Waals surface area contributed by atoms with Crippen LogP contribution in [0.25, 0.3) is 0 Å². The molecule has 2 N–H and O–H groups in total. The zero-order chi connectivity index (χ0) is 20.6. The second-order valence-electron chi connectivity index (χ2n) is 7.28. The van der Waals surface area contributed by atoms with E-state index in [1.165, 1.54) is 5.56 Å². The van der Waals surface area contributed by atoms with Crippen molar-refractivity contribution in [1.29, 1.82) is 0 Å². The van der Waals surface area contributed by atoms with E-state index in [0.29, 0.717) is 18.7 Å². The molecule has 0 aromatic heterocycles. The molecule has 1 aliphatic heterocycles. The third kappa shape index (κ3) is 5.50. The van der Waals surface area contributed by atoms with Gasteiger partial charge in [0.15, 0.2) is 5.96 Å². The van der Waals surface area contributed by atoms with E-state index < -0.39 is 0 Å². The fourth-order valence-corrected chi connectivity index (χ4v) is 3.39. The summed E-state index contributed by atoms with van der Waals surface area (Å²) in [7, 11) is 3.53. The molecule has 0 bridgehead atoms. The van der Waals surface area contributed by atoms with Gasteiger partial charge in [-0.25, -0.2) is 0 Å². The molecule has 1 aliphatic rings. The van der Waals surface area contributed by atoms with Crippen molar-refractivity contribution in [2.75, 3.05) is 33.8 Å². The smallest absolute Gasteiger partial charge is 0.253 e. The number of benzene rings is 2. The molecule has 1 unspecified atom stereocenters. The molecular weight excluding hydrogens is 364 g/mol. The number of carbonyl (C=O) groups is 1. The first-order valence-corrected chi connectivity index (χ1v) is 10.2. The maximum Gasteiger partial charge on any atom is 0.253 e. The van der Waals surface area contributed by atoms with Gasteiger partial charge in [-0.15, -0.1) is 0 Å². The number of para-hydroxylation sites is 1. The third-order valence-electron chi connectivity index (χ3n) is 4.86. The number of carbonyl (C=O) groups excluding carboxylic acids is 1. The second-order valence-corrected chi connectivity index (χ2v) is 7.28. The monoisotopic (exact) mass is 394 g/mol. The van der Waals surface area contributed by atoms with Crippen LogP contribution in [-0.2, 0) is 6.42 Å². The minimum absolute atomic E-state index is 0.0172. The van der Waals surface area contributed by atoms with E-state index in [1.807, 2.05) is 42.5 Å². The summed E-state index contributed by atoms with van der Waals surface area (Å²) in [6.07, 6.45) is 1.67. The summed E-state index contributed by atoms with van der Waals surface area (Å²) in [5, 5.41) is 6.87. The quantitative estimate of drug-likeness (QED) is 0.584. The Kier molecular flexibility index (Phi) is 7.11. The molecule has 2 aromatic rings. The van der Waals surface area contributed by atoms with Crippen LogP contribution in [0.4, 0.5) is 0 Å². The lowest BCUT2D eigenvalue weighted by Crippen LogP contribution is -2.41. The van der Waals surface area contributed by atoms with E-state index in [0.717, 1.165) is 36.7 Å². The molecule has 0 radical (unpaired) electrons. The first-order valence-electron chi connectivity index (χ1n) is 10.2. The standard InChI is InChI=1S/C23H30N4O2/c1-4-24-23(26-20-13-15-29-21-11-6-5-10-19(20)21)25-14-12-17-8-7-9-18(16-17)22(28)27(2)3/h5-11,16,20H,4,12-15H2,1-3H3,(H2,24,25,26). The van der Waals surface area contributed by atoms with Crippen LogP contribution < -0.4 is 15.4 Å². The highest BCUT2D eigenvalue weighted by Gasteiger charge is 2.21. The molecule has 154 valence electrons. The lowest BCUT2D eigenvalue weighted by Gasteiger charge is -2.28. The van der Waals surface area contributed by atoms with Gasteiger partial charge < -0.3 is 20.3 Å². The summed E-state index contributed by atoms with van der Waals surface area (Å²) in [4.78, 5) is 18.5. The largest absolute Gasteiger partial charge is 0.493 e. The number of hydrogen-bond donors (Lipinski definition) is 2. The van der Waals surface area contributed by atoms with Gasteiger partial charge in [-0.3, -0.25) is 9.79 Å². The number of nitrogens with zero attached hydrogens (tertiary/aromatic N) is 2. The molecule has 3 rings (SSSR count). The Morgan fingerprint density at radius 3 is 2.83 bits per heavy atom. The highest BCUT2D eigenvalue weighted by Crippen LogP contribution is 2.31. The van der Waals surface area contributed by atoms with E-state index in [1.54, 1.807) is 19.0 Å². The molecule has 0 saturated carbocycles. The lowest BCUT2D eigenvalue weighted by molar-refractivity contribution is 0.0827. The van der Waals surface area contributed by atoms with E-state index in [4.69, 9.17) is 9.73 Å². The molecule has 1 heterocycles. The highest BCUT2D eigenvalue weighted by molar-refractivity contribution is 5.94. The van der Waals surface area contributed by atoms with Crippen molar-refractivity contribution in [3.63, 3.8) is 0 Å². The molecular formula is C23H30N4O2. The Morgan fingerprint density at radius 2 is 2.03 bits per heavy atom. The van der Waals surface area contributed by atoms with E-state index >= 15 is 0 Å². The first kappa shape index (κ1) is 20.7. The van der Waals surface area contributed by atoms with Gasteiger partial charge in [0.2, 0.25) is 0 Å². The summed E-state index contributed by atoms with van der Waals surface area (Å²) < 4.78 is 5.75. The van der Waals surface area contributed by atoms with Gasteiger partial charge in [-0.2, -0.15) is 0 Å². The van der Waals surface area contributed by atoms with Crippen LogP contribution in [0.15, 0.2) is 53.5 Å². The minimum atomic E-state index is 0.0172. The molecule has 6 heteroatoms. The van der Waals surface area contributed by atoms with Gasteiger partial charge in [0.1, 0.15) is 5.75 Å². The van der Waals surface area contributed by atoms with Crippen molar-refractivity contribution < 1.29 is 9.53 Å². The number of hydrogen-bond acceptors (Lipinski definition) is 3. The van der Waals surface area contributed by atoms with Crippen molar-refractivity contribution >= 4 is 11.9 Å². The van der Waals surface area contributed by atoms with Gasteiger partial charge >= 0.3 is 0 Å². The Hall–Kier alpha value is -3.02. The lowest BCUT2D eigenvalue weighted by atomic mass is 10.0. The van der Waals surface area contributed by atoms with Crippen LogP contribution in [0.2, 0.25) is 0 Å². The van der Waals surface area contributed by atoms with Crippen LogP contribution in [0.3, 0.4) is 0 Å². The van der Waals surface area contributed by atoms with Crippen LogP contribution in [0.1, 0.15) is 40.9 Å². The number of amides is 1. The van der Waals surface area contributed by atoms with Crippen molar-refractivity contribution in [2.24, 2.45) is 4.99 Å². The summed E-state index contributed by atoms with van der Waals surface area (Å²) in [6, 6.07) is 16.1. The molecule has 2 aromatic carbocycles. The molecule has 0 spiro atoms. The summed E-state index contributed by atoms with van der Waals surface area (Å²) >= 11 is 0. The van der Waals surface area contributed by atoms with Crippen molar-refractivity contribution in [2.45, 2.75) is 25.8 Å². The van der Waals surface area contributed by atoms with Crippen LogP contribution in [0.5, 0.6) is 5.75 Å². The Morgan fingerprint density at radius 1 is 1.21 bits per heavy atom. The maximum absolute atomic E-state index is 12.2. The molecule has 29 heavy (non-hydrogen) atoms. The summed E-state index contributed by atoms with van der Waals surface area (Å²) in [6.45, 7) is 4.19. The van der Waals surface area contributed by atoms with Crippen molar-refractivity contribution in [3.8, 4) is 5.75 Å². The zero-order valence-electron chi connectivity index (χ0n) is 17.4. The highest BCUT2D eigenvalue weighted by atomic mass is 16.5. The molecule has 6 nitrogen and oxygen atoms in total. The van der Waals surface area contributed by atoms with Gasteiger partial charge in [-0.05, 0) is 37.1 Å². The number of ether oxygens (including phenoxy) is 1. The average molecular weight is 395 g/mol. The summed E-state index contributed by atoms with van der Waals surface area (Å²) in [5.41, 5.74) is 2.98. The average Bonchev–Trinajstić information content (AvgIpc) is 2.73. The van der Waals surface area contributed by atoms with Gasteiger partial charge in [0, 0.05) is 44.7 Å². The second kappa shape index (κ2) is 9.96. The minimum Gasteiger partial charge on any atom is -0.493 e.